The summed E-state index contributed by atoms with van der Waals surface area (Å²) >= 11 is 0. The van der Waals surface area contributed by atoms with Crippen molar-refractivity contribution >= 4 is 11.8 Å². The molecule has 0 heterocycles. The molecule has 0 fully saturated rings. The van der Waals surface area contributed by atoms with Gasteiger partial charge in [0.05, 0.1) is 5.56 Å². The molecule has 0 aliphatic rings. The minimum atomic E-state index is -0.497. The standard InChI is InChI=1S/C22H18O3/c1-16-9-5-6-12-18(16)15-25-22(24)20-14-8-7-13-19(20)21(23)17-10-3-2-4-11-17/h2-14H,15H2,1H3. The molecule has 0 unspecified atom stereocenters. The molecule has 0 N–H and O–H groups in total. The van der Waals surface area contributed by atoms with Gasteiger partial charge in [0.1, 0.15) is 6.61 Å². The van der Waals surface area contributed by atoms with E-state index in [4.69, 9.17) is 4.74 Å². The number of hydrogen-bond acceptors (Lipinski definition) is 3. The molecule has 3 aromatic rings. The summed E-state index contributed by atoms with van der Waals surface area (Å²) < 4.78 is 5.43. The van der Waals surface area contributed by atoms with Crippen LogP contribution >= 0.6 is 0 Å². The van der Waals surface area contributed by atoms with Crippen LogP contribution in [-0.4, -0.2) is 11.8 Å². The van der Waals surface area contributed by atoms with E-state index in [0.29, 0.717) is 11.1 Å². The van der Waals surface area contributed by atoms with E-state index in [-0.39, 0.29) is 18.0 Å². The maximum absolute atomic E-state index is 12.7. The van der Waals surface area contributed by atoms with E-state index in [2.05, 4.69) is 0 Å². The molecular formula is C22H18O3. The summed E-state index contributed by atoms with van der Waals surface area (Å²) in [7, 11) is 0. The smallest absolute Gasteiger partial charge is 0.339 e. The van der Waals surface area contributed by atoms with Crippen LogP contribution in [0.3, 0.4) is 0 Å². The van der Waals surface area contributed by atoms with Gasteiger partial charge in [-0.2, -0.15) is 0 Å². The number of ketones is 1. The van der Waals surface area contributed by atoms with Crippen LogP contribution in [0.25, 0.3) is 0 Å². The molecule has 0 atom stereocenters. The van der Waals surface area contributed by atoms with E-state index in [0.717, 1.165) is 11.1 Å². The molecule has 0 aliphatic heterocycles. The Morgan fingerprint density at radius 2 is 1.36 bits per heavy atom. The summed E-state index contributed by atoms with van der Waals surface area (Å²) in [6.07, 6.45) is 0. The first-order chi connectivity index (χ1) is 12.2. The number of ether oxygens (including phenoxy) is 1. The van der Waals surface area contributed by atoms with Crippen molar-refractivity contribution in [1.29, 1.82) is 0 Å². The summed E-state index contributed by atoms with van der Waals surface area (Å²) in [5, 5.41) is 0. The third-order valence-electron chi connectivity index (χ3n) is 4.05. The number of benzene rings is 3. The maximum atomic E-state index is 12.7. The molecule has 25 heavy (non-hydrogen) atoms. The van der Waals surface area contributed by atoms with Gasteiger partial charge in [0.2, 0.25) is 0 Å². The monoisotopic (exact) mass is 330 g/mol. The lowest BCUT2D eigenvalue weighted by atomic mass is 9.98. The Morgan fingerprint density at radius 3 is 2.08 bits per heavy atom. The zero-order chi connectivity index (χ0) is 17.6. The summed E-state index contributed by atoms with van der Waals surface area (Å²) in [6, 6.07) is 23.4. The Kier molecular flexibility index (Phi) is 5.05. The number of carbonyl (C=O) groups is 2. The third-order valence-corrected chi connectivity index (χ3v) is 4.05. The first-order valence-corrected chi connectivity index (χ1v) is 8.07. The molecule has 0 bridgehead atoms. The Bertz CT molecular complexity index is 898. The third kappa shape index (κ3) is 3.83. The van der Waals surface area contributed by atoms with Crippen LogP contribution in [0.15, 0.2) is 78.9 Å². The van der Waals surface area contributed by atoms with Crippen LogP contribution in [0.4, 0.5) is 0 Å². The lowest BCUT2D eigenvalue weighted by Gasteiger charge is -2.10. The van der Waals surface area contributed by atoms with Crippen LogP contribution in [0.1, 0.15) is 37.4 Å². The molecule has 0 amide bonds. The number of hydrogen-bond donors (Lipinski definition) is 0. The number of rotatable bonds is 5. The molecule has 3 rings (SSSR count). The van der Waals surface area contributed by atoms with E-state index in [1.165, 1.54) is 0 Å². The topological polar surface area (TPSA) is 43.4 Å². The average Bonchev–Trinajstić information content (AvgIpc) is 2.67. The van der Waals surface area contributed by atoms with Gasteiger partial charge >= 0.3 is 5.97 Å². The fourth-order valence-electron chi connectivity index (χ4n) is 2.60. The zero-order valence-electron chi connectivity index (χ0n) is 13.9. The molecule has 0 radical (unpaired) electrons. The first kappa shape index (κ1) is 16.7. The van der Waals surface area contributed by atoms with Crippen molar-refractivity contribution < 1.29 is 14.3 Å². The van der Waals surface area contributed by atoms with Gasteiger partial charge in [0, 0.05) is 11.1 Å². The predicted molar refractivity (Wildman–Crippen MR) is 96.6 cm³/mol. The minimum absolute atomic E-state index is 0.180. The normalized spacial score (nSPS) is 10.3. The summed E-state index contributed by atoms with van der Waals surface area (Å²) in [4.78, 5) is 25.2. The van der Waals surface area contributed by atoms with Crippen LogP contribution in [-0.2, 0) is 11.3 Å². The lowest BCUT2D eigenvalue weighted by Crippen LogP contribution is -2.13. The quantitative estimate of drug-likeness (QED) is 0.508. The van der Waals surface area contributed by atoms with E-state index < -0.39 is 5.97 Å². The van der Waals surface area contributed by atoms with Crippen molar-refractivity contribution in [1.82, 2.24) is 0 Å². The fraction of sp³-hybridized carbons (Fsp3) is 0.0909. The highest BCUT2D eigenvalue weighted by Gasteiger charge is 2.19. The average molecular weight is 330 g/mol. The lowest BCUT2D eigenvalue weighted by molar-refractivity contribution is 0.0469. The largest absolute Gasteiger partial charge is 0.457 e. The minimum Gasteiger partial charge on any atom is -0.457 e. The Morgan fingerprint density at radius 1 is 0.760 bits per heavy atom. The number of esters is 1. The van der Waals surface area contributed by atoms with E-state index in [1.54, 1.807) is 48.5 Å². The van der Waals surface area contributed by atoms with Crippen LogP contribution in [0.5, 0.6) is 0 Å². The summed E-state index contributed by atoms with van der Waals surface area (Å²) in [6.45, 7) is 2.15. The van der Waals surface area contributed by atoms with Crippen LogP contribution < -0.4 is 0 Å². The van der Waals surface area contributed by atoms with Crippen molar-refractivity contribution in [2.24, 2.45) is 0 Å². The van der Waals surface area contributed by atoms with Crippen molar-refractivity contribution in [2.75, 3.05) is 0 Å². The van der Waals surface area contributed by atoms with Crippen molar-refractivity contribution in [2.45, 2.75) is 13.5 Å². The second-order valence-corrected chi connectivity index (χ2v) is 5.74. The predicted octanol–water partition coefficient (Wildman–Crippen LogP) is 4.58. The van der Waals surface area contributed by atoms with E-state index >= 15 is 0 Å². The van der Waals surface area contributed by atoms with Gasteiger partial charge < -0.3 is 4.74 Å². The zero-order valence-corrected chi connectivity index (χ0v) is 13.9. The first-order valence-electron chi connectivity index (χ1n) is 8.07. The second-order valence-electron chi connectivity index (χ2n) is 5.74. The molecule has 0 saturated carbocycles. The van der Waals surface area contributed by atoms with Gasteiger partial charge in [-0.05, 0) is 24.1 Å². The highest BCUT2D eigenvalue weighted by atomic mass is 16.5. The number of carbonyl (C=O) groups excluding carboxylic acids is 2. The van der Waals surface area contributed by atoms with Gasteiger partial charge in [0.15, 0.2) is 5.78 Å². The molecule has 3 aromatic carbocycles. The van der Waals surface area contributed by atoms with Gasteiger partial charge in [-0.1, -0.05) is 72.8 Å². The Balaban J connectivity index is 1.82. The SMILES string of the molecule is Cc1ccccc1COC(=O)c1ccccc1C(=O)c1ccccc1. The van der Waals surface area contributed by atoms with E-state index in [1.807, 2.05) is 37.3 Å². The van der Waals surface area contributed by atoms with Crippen molar-refractivity contribution in [3.05, 3.63) is 107 Å². The molecule has 3 heteroatoms. The highest BCUT2D eigenvalue weighted by molar-refractivity contribution is 6.14. The Labute approximate surface area is 146 Å². The molecule has 124 valence electrons. The van der Waals surface area contributed by atoms with Crippen molar-refractivity contribution in [3.63, 3.8) is 0 Å². The van der Waals surface area contributed by atoms with Crippen molar-refractivity contribution in [3.8, 4) is 0 Å². The Hall–Kier alpha value is -3.20. The molecule has 3 nitrogen and oxygen atoms in total. The van der Waals surface area contributed by atoms with Gasteiger partial charge in [0.25, 0.3) is 0 Å². The second kappa shape index (κ2) is 7.58. The van der Waals surface area contributed by atoms with E-state index in [9.17, 15) is 9.59 Å². The molecule has 0 spiro atoms. The molecule has 0 aliphatic carbocycles. The fourth-order valence-corrected chi connectivity index (χ4v) is 2.60. The van der Waals surface area contributed by atoms with Crippen LogP contribution in [0, 0.1) is 6.92 Å². The molecular weight excluding hydrogens is 312 g/mol. The highest BCUT2D eigenvalue weighted by Crippen LogP contribution is 2.17. The van der Waals surface area contributed by atoms with Crippen LogP contribution in [0.2, 0.25) is 0 Å². The molecule has 0 saturated heterocycles. The maximum Gasteiger partial charge on any atom is 0.339 e. The molecule has 0 aromatic heterocycles. The van der Waals surface area contributed by atoms with Gasteiger partial charge in [-0.15, -0.1) is 0 Å². The summed E-state index contributed by atoms with van der Waals surface area (Å²) in [5.74, 6) is -0.688. The number of aryl methyl sites for hydroxylation is 1. The van der Waals surface area contributed by atoms with Gasteiger partial charge in [-0.25, -0.2) is 4.79 Å². The van der Waals surface area contributed by atoms with Gasteiger partial charge in [-0.3, -0.25) is 4.79 Å². The summed E-state index contributed by atoms with van der Waals surface area (Å²) in [5.41, 5.74) is 3.18.